The van der Waals surface area contributed by atoms with E-state index in [4.69, 9.17) is 10.00 Å². The van der Waals surface area contributed by atoms with E-state index in [-0.39, 0.29) is 17.6 Å². The van der Waals surface area contributed by atoms with Gasteiger partial charge in [0.05, 0.1) is 24.3 Å². The highest BCUT2D eigenvalue weighted by Crippen LogP contribution is 2.27. The van der Waals surface area contributed by atoms with Crippen LogP contribution >= 0.6 is 0 Å². The molecule has 2 saturated heterocycles. The van der Waals surface area contributed by atoms with Crippen LogP contribution < -0.4 is 21.5 Å². The third-order valence-electron chi connectivity index (χ3n) is 5.22. The number of ether oxygens (including phenoxy) is 1. The molecule has 0 spiro atoms. The van der Waals surface area contributed by atoms with Crippen molar-refractivity contribution in [1.82, 2.24) is 16.2 Å². The molecule has 2 unspecified atom stereocenters. The first-order chi connectivity index (χ1) is 14.2. The summed E-state index contributed by atoms with van der Waals surface area (Å²) < 4.78 is 20.1. The highest BCUT2D eigenvalue weighted by molar-refractivity contribution is 5.95. The summed E-state index contributed by atoms with van der Waals surface area (Å²) in [6.07, 6.45) is 0.395. The van der Waals surface area contributed by atoms with Gasteiger partial charge < -0.3 is 15.4 Å². The van der Waals surface area contributed by atoms with Gasteiger partial charge in [-0.05, 0) is 30.2 Å². The SMILES string of the molecule is N#Cc1cccc(C2CC(C(=O)Nc3ccc([C@H]4CNCCO4)cc3)NN2)c1F. The number of morpholine rings is 1. The molecule has 150 valence electrons. The number of carbonyl (C=O) groups is 1. The van der Waals surface area contributed by atoms with E-state index in [1.165, 1.54) is 6.07 Å². The Morgan fingerprint density at radius 1 is 1.21 bits per heavy atom. The molecule has 2 aromatic rings. The molecule has 0 radical (unpaired) electrons. The first-order valence-electron chi connectivity index (χ1n) is 9.58. The van der Waals surface area contributed by atoms with Crippen LogP contribution in [-0.4, -0.2) is 31.6 Å². The number of amides is 1. The number of nitrogens with zero attached hydrogens (tertiary/aromatic N) is 1. The summed E-state index contributed by atoms with van der Waals surface area (Å²) in [6, 6.07) is 13.2. The minimum absolute atomic E-state index is 0.00515. The van der Waals surface area contributed by atoms with Crippen molar-refractivity contribution in [2.45, 2.75) is 24.6 Å². The Morgan fingerprint density at radius 2 is 2.03 bits per heavy atom. The van der Waals surface area contributed by atoms with E-state index < -0.39 is 17.9 Å². The first-order valence-corrected chi connectivity index (χ1v) is 9.58. The number of rotatable bonds is 4. The number of anilines is 1. The predicted octanol–water partition coefficient (Wildman–Crippen LogP) is 1.90. The molecule has 0 aromatic heterocycles. The Balaban J connectivity index is 1.37. The fraction of sp³-hybridized carbons (Fsp3) is 0.333. The molecule has 7 nitrogen and oxygen atoms in total. The number of nitriles is 1. The van der Waals surface area contributed by atoms with Gasteiger partial charge in [0.2, 0.25) is 5.91 Å². The largest absolute Gasteiger partial charge is 0.371 e. The first kappa shape index (κ1) is 19.5. The number of hydrogen-bond acceptors (Lipinski definition) is 6. The van der Waals surface area contributed by atoms with Crippen molar-refractivity contribution in [3.63, 3.8) is 0 Å². The van der Waals surface area contributed by atoms with Gasteiger partial charge in [-0.25, -0.2) is 15.2 Å². The van der Waals surface area contributed by atoms with Gasteiger partial charge in [0.1, 0.15) is 17.9 Å². The maximum Gasteiger partial charge on any atom is 0.242 e. The van der Waals surface area contributed by atoms with Gasteiger partial charge in [0.15, 0.2) is 0 Å². The lowest BCUT2D eigenvalue weighted by Gasteiger charge is -2.24. The van der Waals surface area contributed by atoms with E-state index >= 15 is 0 Å². The molecule has 0 saturated carbocycles. The summed E-state index contributed by atoms with van der Waals surface area (Å²) in [5.41, 5.74) is 7.98. The van der Waals surface area contributed by atoms with Crippen LogP contribution in [0.5, 0.6) is 0 Å². The second kappa shape index (κ2) is 8.68. The van der Waals surface area contributed by atoms with E-state index in [1.807, 2.05) is 30.3 Å². The molecule has 0 bridgehead atoms. The molecule has 29 heavy (non-hydrogen) atoms. The molecule has 1 amide bonds. The summed E-state index contributed by atoms with van der Waals surface area (Å²) in [7, 11) is 0. The number of halogens is 1. The summed E-state index contributed by atoms with van der Waals surface area (Å²) >= 11 is 0. The van der Waals surface area contributed by atoms with Crippen molar-refractivity contribution in [3.05, 3.63) is 65.0 Å². The molecular weight excluding hydrogens is 373 g/mol. The van der Waals surface area contributed by atoms with Crippen molar-refractivity contribution >= 4 is 11.6 Å². The van der Waals surface area contributed by atoms with Gasteiger partial charge in [0.25, 0.3) is 0 Å². The molecule has 8 heteroatoms. The van der Waals surface area contributed by atoms with Gasteiger partial charge in [-0.2, -0.15) is 5.26 Å². The van der Waals surface area contributed by atoms with Gasteiger partial charge >= 0.3 is 0 Å². The van der Waals surface area contributed by atoms with Crippen LogP contribution in [0.4, 0.5) is 10.1 Å². The number of nitrogens with one attached hydrogen (secondary N) is 4. The second-order valence-electron chi connectivity index (χ2n) is 7.12. The zero-order chi connectivity index (χ0) is 20.2. The van der Waals surface area contributed by atoms with Crippen LogP contribution in [0.3, 0.4) is 0 Å². The Kier molecular flexibility index (Phi) is 5.83. The average molecular weight is 395 g/mol. The normalized spacial score (nSPS) is 24.1. The molecular formula is C21H22FN5O2. The second-order valence-corrected chi connectivity index (χ2v) is 7.12. The standard InChI is InChI=1S/C21H22FN5O2/c22-20-14(11-23)2-1-3-16(20)17-10-18(27-26-17)21(28)25-15-6-4-13(5-7-15)19-12-24-8-9-29-19/h1-7,17-19,24,26-27H,8-10,12H2,(H,25,28)/t17?,18?,19-/m1/s1. The monoisotopic (exact) mass is 395 g/mol. The van der Waals surface area contributed by atoms with Crippen LogP contribution in [0.2, 0.25) is 0 Å². The lowest BCUT2D eigenvalue weighted by Crippen LogP contribution is -2.39. The summed E-state index contributed by atoms with van der Waals surface area (Å²) in [5, 5.41) is 15.2. The molecule has 0 aliphatic carbocycles. The fourth-order valence-corrected chi connectivity index (χ4v) is 3.63. The molecule has 2 fully saturated rings. The quantitative estimate of drug-likeness (QED) is 0.631. The minimum atomic E-state index is -0.551. The highest BCUT2D eigenvalue weighted by atomic mass is 19.1. The third kappa shape index (κ3) is 4.28. The van der Waals surface area contributed by atoms with Crippen molar-refractivity contribution < 1.29 is 13.9 Å². The van der Waals surface area contributed by atoms with Crippen LogP contribution in [0.1, 0.15) is 35.3 Å². The minimum Gasteiger partial charge on any atom is -0.371 e. The molecule has 3 atom stereocenters. The average Bonchev–Trinajstić information content (AvgIpc) is 3.25. The lowest BCUT2D eigenvalue weighted by atomic mass is 9.99. The van der Waals surface area contributed by atoms with E-state index in [0.29, 0.717) is 24.3 Å². The summed E-state index contributed by atoms with van der Waals surface area (Å²) in [6.45, 7) is 2.32. The zero-order valence-electron chi connectivity index (χ0n) is 15.7. The highest BCUT2D eigenvalue weighted by Gasteiger charge is 2.32. The summed E-state index contributed by atoms with van der Waals surface area (Å²) in [4.78, 5) is 12.6. The number of hydrogen-bond donors (Lipinski definition) is 4. The van der Waals surface area contributed by atoms with Gasteiger partial charge in [-0.3, -0.25) is 4.79 Å². The van der Waals surface area contributed by atoms with E-state index in [0.717, 1.165) is 18.7 Å². The molecule has 4 rings (SSSR count). The van der Waals surface area contributed by atoms with Crippen molar-refractivity contribution in [2.24, 2.45) is 0 Å². The van der Waals surface area contributed by atoms with Crippen molar-refractivity contribution in [2.75, 3.05) is 25.0 Å². The van der Waals surface area contributed by atoms with Crippen molar-refractivity contribution in [1.29, 1.82) is 5.26 Å². The molecule has 2 aliphatic heterocycles. The summed E-state index contributed by atoms with van der Waals surface area (Å²) in [5.74, 6) is -0.759. The maximum atomic E-state index is 14.4. The van der Waals surface area contributed by atoms with Gasteiger partial charge in [0, 0.05) is 24.3 Å². The van der Waals surface area contributed by atoms with Crippen LogP contribution in [0, 0.1) is 17.1 Å². The Bertz CT molecular complexity index is 922. The fourth-order valence-electron chi connectivity index (χ4n) is 3.63. The van der Waals surface area contributed by atoms with Crippen LogP contribution in [-0.2, 0) is 9.53 Å². The van der Waals surface area contributed by atoms with E-state index in [1.54, 1.807) is 12.1 Å². The number of carbonyl (C=O) groups excluding carboxylic acids is 1. The van der Waals surface area contributed by atoms with Gasteiger partial charge in [-0.1, -0.05) is 24.3 Å². The maximum absolute atomic E-state index is 14.4. The molecule has 2 aliphatic rings. The Labute approximate surface area is 168 Å². The molecule has 4 N–H and O–H groups in total. The molecule has 2 heterocycles. The number of benzene rings is 2. The van der Waals surface area contributed by atoms with Crippen molar-refractivity contribution in [3.8, 4) is 6.07 Å². The van der Waals surface area contributed by atoms with Gasteiger partial charge in [-0.15, -0.1) is 0 Å². The number of hydrazine groups is 1. The third-order valence-corrected chi connectivity index (χ3v) is 5.22. The predicted molar refractivity (Wildman–Crippen MR) is 105 cm³/mol. The Hall–Kier alpha value is -2.83. The lowest BCUT2D eigenvalue weighted by molar-refractivity contribution is -0.117. The van der Waals surface area contributed by atoms with Crippen LogP contribution in [0.25, 0.3) is 0 Å². The topological polar surface area (TPSA) is 98.2 Å². The van der Waals surface area contributed by atoms with E-state index in [2.05, 4.69) is 21.5 Å². The van der Waals surface area contributed by atoms with Crippen LogP contribution in [0.15, 0.2) is 42.5 Å². The zero-order valence-corrected chi connectivity index (χ0v) is 15.7. The smallest absolute Gasteiger partial charge is 0.242 e. The Morgan fingerprint density at radius 3 is 2.76 bits per heavy atom. The molecule has 2 aromatic carbocycles. The van der Waals surface area contributed by atoms with E-state index in [9.17, 15) is 9.18 Å².